The molecule has 6 heteroatoms. The molecule has 0 fully saturated rings. The Balaban J connectivity index is 1.12. The van der Waals surface area contributed by atoms with Crippen LogP contribution in [0.4, 0.5) is 0 Å². The molecule has 0 saturated carbocycles. The quantitative estimate of drug-likeness (QED) is 0.178. The van der Waals surface area contributed by atoms with Gasteiger partial charge in [-0.2, -0.15) is 0 Å². The summed E-state index contributed by atoms with van der Waals surface area (Å²) in [6.45, 7) is 0. The number of amidine groups is 2. The Morgan fingerprint density at radius 1 is 0.509 bits per heavy atom. The predicted molar refractivity (Wildman–Crippen MR) is 217 cm³/mol. The van der Waals surface area contributed by atoms with Crippen molar-refractivity contribution in [3.8, 4) is 28.2 Å². The molecule has 7 aromatic carbocycles. The minimum Gasteiger partial charge on any atom is -0.344 e. The fourth-order valence-corrected chi connectivity index (χ4v) is 7.42. The van der Waals surface area contributed by atoms with Crippen LogP contribution < -0.4 is 5.32 Å². The number of benzene rings is 7. The average molecular weight is 681 g/mol. The van der Waals surface area contributed by atoms with Crippen molar-refractivity contribution < 1.29 is 0 Å². The summed E-state index contributed by atoms with van der Waals surface area (Å²) in [4.78, 5) is 20.0. The highest BCUT2D eigenvalue weighted by molar-refractivity contribution is 6.24. The number of fused-ring (bicyclic) bond motifs is 6. The molecule has 53 heavy (non-hydrogen) atoms. The zero-order valence-electron chi connectivity index (χ0n) is 28.6. The van der Waals surface area contributed by atoms with E-state index in [1.165, 1.54) is 5.39 Å². The van der Waals surface area contributed by atoms with Crippen molar-refractivity contribution in [1.82, 2.24) is 19.9 Å². The second-order valence-corrected chi connectivity index (χ2v) is 13.2. The van der Waals surface area contributed by atoms with E-state index in [1.807, 2.05) is 54.9 Å². The van der Waals surface area contributed by atoms with Crippen LogP contribution in [0.3, 0.4) is 0 Å². The van der Waals surface area contributed by atoms with Crippen LogP contribution in [0.25, 0.3) is 60.8 Å². The van der Waals surface area contributed by atoms with Gasteiger partial charge in [0.2, 0.25) is 0 Å². The maximum atomic E-state index is 5.37. The van der Waals surface area contributed by atoms with E-state index in [1.54, 1.807) is 0 Å². The molecule has 0 amide bonds. The molecular formula is C47H32N6. The summed E-state index contributed by atoms with van der Waals surface area (Å²) >= 11 is 0. The van der Waals surface area contributed by atoms with Crippen molar-refractivity contribution in [2.45, 2.75) is 6.17 Å². The first kappa shape index (κ1) is 30.6. The van der Waals surface area contributed by atoms with Crippen LogP contribution in [0.15, 0.2) is 192 Å². The normalized spacial score (nSPS) is 14.2. The maximum absolute atomic E-state index is 5.37. The van der Waals surface area contributed by atoms with Gasteiger partial charge in [0.05, 0.1) is 11.0 Å². The lowest BCUT2D eigenvalue weighted by atomic mass is 10.0. The Morgan fingerprint density at radius 3 is 1.92 bits per heavy atom. The third-order valence-electron chi connectivity index (χ3n) is 9.92. The molecule has 1 aliphatic rings. The van der Waals surface area contributed by atoms with Crippen molar-refractivity contribution in [3.05, 3.63) is 199 Å². The summed E-state index contributed by atoms with van der Waals surface area (Å²) in [6.07, 6.45) is 3.54. The molecule has 1 aliphatic heterocycles. The number of nitrogens with one attached hydrogen (secondary N) is 1. The molecule has 2 aromatic heterocycles. The summed E-state index contributed by atoms with van der Waals surface area (Å²) in [5.41, 5.74) is 9.28. The van der Waals surface area contributed by atoms with Gasteiger partial charge < -0.3 is 5.32 Å². The van der Waals surface area contributed by atoms with Crippen molar-refractivity contribution in [1.29, 1.82) is 0 Å². The Bertz CT molecular complexity index is 2860. The number of aliphatic imine (C=N–C) groups is 2. The predicted octanol–water partition coefficient (Wildman–Crippen LogP) is 10.6. The van der Waals surface area contributed by atoms with E-state index in [2.05, 4.69) is 142 Å². The zero-order valence-corrected chi connectivity index (χ0v) is 28.6. The summed E-state index contributed by atoms with van der Waals surface area (Å²) in [5, 5.41) is 8.12. The topological polar surface area (TPSA) is 67.5 Å². The fraction of sp³-hybridized carbons (Fsp3) is 0.0213. The van der Waals surface area contributed by atoms with Crippen LogP contribution in [0.1, 0.15) is 22.9 Å². The van der Waals surface area contributed by atoms with Gasteiger partial charge in [-0.15, -0.1) is 0 Å². The van der Waals surface area contributed by atoms with Gasteiger partial charge in [0, 0.05) is 45.5 Å². The molecule has 6 nitrogen and oxygen atoms in total. The molecule has 1 unspecified atom stereocenters. The summed E-state index contributed by atoms with van der Waals surface area (Å²) in [6, 6.07) is 58.9. The van der Waals surface area contributed by atoms with E-state index >= 15 is 0 Å². The minimum atomic E-state index is -0.266. The van der Waals surface area contributed by atoms with Gasteiger partial charge in [0.15, 0.2) is 5.84 Å². The molecule has 0 spiro atoms. The lowest BCUT2D eigenvalue weighted by Gasteiger charge is -2.24. The van der Waals surface area contributed by atoms with Gasteiger partial charge in [-0.1, -0.05) is 146 Å². The van der Waals surface area contributed by atoms with Crippen LogP contribution in [0.5, 0.6) is 0 Å². The zero-order chi connectivity index (χ0) is 35.1. The molecule has 9 aromatic rings. The van der Waals surface area contributed by atoms with Crippen LogP contribution in [0.2, 0.25) is 0 Å². The highest BCUT2D eigenvalue weighted by Crippen LogP contribution is 2.39. The van der Waals surface area contributed by atoms with E-state index < -0.39 is 0 Å². The van der Waals surface area contributed by atoms with Gasteiger partial charge in [-0.05, 0) is 51.7 Å². The molecule has 0 radical (unpaired) electrons. The Morgan fingerprint density at radius 2 is 1.13 bits per heavy atom. The van der Waals surface area contributed by atoms with Crippen LogP contribution in [-0.4, -0.2) is 26.2 Å². The average Bonchev–Trinajstić information content (AvgIpc) is 3.66. The fourth-order valence-electron chi connectivity index (χ4n) is 7.42. The van der Waals surface area contributed by atoms with Crippen molar-refractivity contribution >= 4 is 44.2 Å². The highest BCUT2D eigenvalue weighted by Gasteiger charge is 2.23. The van der Waals surface area contributed by atoms with Gasteiger partial charge in [0.25, 0.3) is 0 Å². The summed E-state index contributed by atoms with van der Waals surface area (Å²) in [7, 11) is 0. The van der Waals surface area contributed by atoms with Gasteiger partial charge in [0.1, 0.15) is 17.8 Å². The Kier molecular flexibility index (Phi) is 7.43. The number of imidazole rings is 1. The SMILES string of the molecule is c1ccc(C2=NC(c3ccccc3)NC(c3cccc(-c4cccc(-n5c(-c6ccccc6)nc6c7cnccc7c7ccccc7c65)c4)c3)=N2)cc1. The maximum Gasteiger partial charge on any atom is 0.159 e. The monoisotopic (exact) mass is 680 g/mol. The first-order valence-electron chi connectivity index (χ1n) is 17.8. The smallest absolute Gasteiger partial charge is 0.159 e. The van der Waals surface area contributed by atoms with Crippen molar-refractivity contribution in [2.24, 2.45) is 9.98 Å². The van der Waals surface area contributed by atoms with E-state index in [-0.39, 0.29) is 6.17 Å². The molecular weight excluding hydrogens is 649 g/mol. The second kappa shape index (κ2) is 12.9. The van der Waals surface area contributed by atoms with Gasteiger partial charge in [-0.3, -0.25) is 9.55 Å². The van der Waals surface area contributed by atoms with Crippen molar-refractivity contribution in [2.75, 3.05) is 0 Å². The largest absolute Gasteiger partial charge is 0.344 e. The van der Waals surface area contributed by atoms with E-state index in [0.717, 1.165) is 77.9 Å². The van der Waals surface area contributed by atoms with Crippen LogP contribution in [0, 0.1) is 0 Å². The third-order valence-corrected chi connectivity index (χ3v) is 9.92. The van der Waals surface area contributed by atoms with E-state index in [0.29, 0.717) is 5.84 Å². The Labute approximate surface area is 306 Å². The Hall–Kier alpha value is -7.18. The molecule has 1 N–H and O–H groups in total. The summed E-state index contributed by atoms with van der Waals surface area (Å²) in [5.74, 6) is 2.37. The number of nitrogens with zero attached hydrogens (tertiary/aromatic N) is 5. The molecule has 250 valence electrons. The molecule has 10 rings (SSSR count). The highest BCUT2D eigenvalue weighted by atomic mass is 15.2. The lowest BCUT2D eigenvalue weighted by Crippen LogP contribution is -2.33. The minimum absolute atomic E-state index is 0.266. The van der Waals surface area contributed by atoms with Crippen molar-refractivity contribution in [3.63, 3.8) is 0 Å². The van der Waals surface area contributed by atoms with Gasteiger partial charge >= 0.3 is 0 Å². The second-order valence-electron chi connectivity index (χ2n) is 13.2. The number of rotatable bonds is 6. The standard InChI is InChI=1S/C47H32N6/c1-4-14-31(15-5-1)44-50-45(32-16-6-2-7-17-32)52-46(51-44)36-22-12-20-34(28-36)35-21-13-23-37(29-35)53-43-40-25-11-10-24-38(40)39-26-27-48-30-41(39)42(43)49-47(53)33-18-8-3-9-19-33/h1-30,44H,(H,50,51,52). The summed E-state index contributed by atoms with van der Waals surface area (Å²) < 4.78 is 2.31. The first-order chi connectivity index (χ1) is 26.3. The molecule has 1 atom stereocenters. The number of pyridine rings is 1. The molecule has 0 saturated heterocycles. The first-order valence-corrected chi connectivity index (χ1v) is 17.8. The number of aromatic nitrogens is 3. The number of hydrogen-bond donors (Lipinski definition) is 1. The molecule has 0 bridgehead atoms. The van der Waals surface area contributed by atoms with Gasteiger partial charge in [-0.25, -0.2) is 15.0 Å². The van der Waals surface area contributed by atoms with E-state index in [4.69, 9.17) is 15.0 Å². The van der Waals surface area contributed by atoms with Crippen LogP contribution in [-0.2, 0) is 0 Å². The van der Waals surface area contributed by atoms with Crippen LogP contribution >= 0.6 is 0 Å². The molecule has 0 aliphatic carbocycles. The third kappa shape index (κ3) is 5.45. The lowest BCUT2D eigenvalue weighted by molar-refractivity contribution is 0.674. The van der Waals surface area contributed by atoms with E-state index in [9.17, 15) is 0 Å². The molecule has 3 heterocycles. The number of hydrogen-bond acceptors (Lipinski definition) is 5.